The first kappa shape index (κ1) is 26.2. The first-order valence-corrected chi connectivity index (χ1v) is 15.4. The van der Waals surface area contributed by atoms with Gasteiger partial charge in [0.15, 0.2) is 0 Å². The van der Waals surface area contributed by atoms with Crippen LogP contribution in [0.1, 0.15) is 25.0 Å². The van der Waals surface area contributed by atoms with Crippen molar-refractivity contribution >= 4 is 27.8 Å². The minimum absolute atomic E-state index is 0.0763. The van der Waals surface area contributed by atoms with E-state index in [0.717, 1.165) is 17.1 Å². The molecule has 0 bridgehead atoms. The molecular formula is C43H33N. The number of nitrogens with zero attached hydrogens (tertiary/aromatic N) is 1. The van der Waals surface area contributed by atoms with Gasteiger partial charge in [0.25, 0.3) is 0 Å². The van der Waals surface area contributed by atoms with Crippen molar-refractivity contribution in [3.8, 4) is 33.4 Å². The lowest BCUT2D eigenvalue weighted by Gasteiger charge is -2.27. The van der Waals surface area contributed by atoms with Crippen molar-refractivity contribution in [2.75, 3.05) is 4.90 Å². The molecule has 1 aliphatic carbocycles. The van der Waals surface area contributed by atoms with Crippen molar-refractivity contribution in [1.82, 2.24) is 0 Å². The third kappa shape index (κ3) is 4.32. The van der Waals surface area contributed by atoms with E-state index in [-0.39, 0.29) is 5.41 Å². The maximum atomic E-state index is 2.40. The zero-order valence-electron chi connectivity index (χ0n) is 25.0. The predicted molar refractivity (Wildman–Crippen MR) is 187 cm³/mol. The second-order valence-electron chi connectivity index (χ2n) is 12.2. The van der Waals surface area contributed by atoms with Gasteiger partial charge < -0.3 is 4.90 Å². The van der Waals surface area contributed by atoms with Gasteiger partial charge in [0, 0.05) is 22.5 Å². The van der Waals surface area contributed by atoms with Crippen molar-refractivity contribution in [1.29, 1.82) is 0 Å². The number of hydrogen-bond acceptors (Lipinski definition) is 1. The van der Waals surface area contributed by atoms with Gasteiger partial charge in [0.05, 0.1) is 0 Å². The van der Waals surface area contributed by atoms with Crippen LogP contribution in [0.3, 0.4) is 0 Å². The number of rotatable bonds is 5. The highest BCUT2D eigenvalue weighted by Crippen LogP contribution is 2.53. The molecule has 7 aromatic carbocycles. The Labute approximate surface area is 259 Å². The zero-order valence-corrected chi connectivity index (χ0v) is 25.0. The van der Waals surface area contributed by atoms with Crippen LogP contribution in [0, 0.1) is 0 Å². The van der Waals surface area contributed by atoms with Gasteiger partial charge in [0.2, 0.25) is 0 Å². The van der Waals surface area contributed by atoms with E-state index in [1.165, 1.54) is 55.3 Å². The molecule has 0 fully saturated rings. The first-order chi connectivity index (χ1) is 21.6. The summed E-state index contributed by atoms with van der Waals surface area (Å²) >= 11 is 0. The van der Waals surface area contributed by atoms with Crippen LogP contribution in [0.5, 0.6) is 0 Å². The number of hydrogen-bond donors (Lipinski definition) is 0. The molecule has 0 aliphatic heterocycles. The summed E-state index contributed by atoms with van der Waals surface area (Å²) in [5, 5.41) is 2.52. The first-order valence-electron chi connectivity index (χ1n) is 15.4. The van der Waals surface area contributed by atoms with Crippen LogP contribution in [0.4, 0.5) is 17.1 Å². The molecule has 8 rings (SSSR count). The number of fused-ring (bicyclic) bond motifs is 4. The molecule has 1 aliphatic rings. The lowest BCUT2D eigenvalue weighted by Crippen LogP contribution is -2.15. The SMILES string of the molecule is CC1(C)c2ccc(N(c3ccccc3)c3ccc(-c4ccc5ccccc5c4)cc3)cc2-c2c(-c3ccccc3)cccc21. The molecule has 0 unspecified atom stereocenters. The quantitative estimate of drug-likeness (QED) is 0.201. The Kier molecular flexibility index (Phi) is 6.20. The highest BCUT2D eigenvalue weighted by Gasteiger charge is 2.37. The third-order valence-corrected chi connectivity index (χ3v) is 9.25. The molecule has 0 radical (unpaired) electrons. The standard InChI is InChI=1S/C43H33N/c1-43(2)40-27-26-37(29-39(40)42-38(18-11-19-41(42)43)32-13-5-3-6-14-32)44(35-16-7-4-8-17-35)36-24-22-31(23-25-36)34-21-20-30-12-9-10-15-33(30)28-34/h3-29H,1-2H3. The molecule has 0 amide bonds. The summed E-state index contributed by atoms with van der Waals surface area (Å²) in [5.41, 5.74) is 13.8. The number of para-hydroxylation sites is 1. The van der Waals surface area contributed by atoms with Crippen molar-refractivity contribution < 1.29 is 0 Å². The highest BCUT2D eigenvalue weighted by molar-refractivity contribution is 5.95. The minimum atomic E-state index is -0.0763. The Bertz CT molecular complexity index is 2120. The van der Waals surface area contributed by atoms with Crippen molar-refractivity contribution in [2.24, 2.45) is 0 Å². The summed E-state index contributed by atoms with van der Waals surface area (Å²) in [5.74, 6) is 0. The van der Waals surface area contributed by atoms with E-state index in [2.05, 4.69) is 183 Å². The number of benzene rings is 7. The van der Waals surface area contributed by atoms with E-state index in [9.17, 15) is 0 Å². The van der Waals surface area contributed by atoms with Gasteiger partial charge in [-0.15, -0.1) is 0 Å². The summed E-state index contributed by atoms with van der Waals surface area (Å²) < 4.78 is 0. The molecule has 0 saturated carbocycles. The van der Waals surface area contributed by atoms with Crippen LogP contribution in [0.2, 0.25) is 0 Å². The lowest BCUT2D eigenvalue weighted by molar-refractivity contribution is 0.660. The van der Waals surface area contributed by atoms with Crippen molar-refractivity contribution in [3.63, 3.8) is 0 Å². The normalized spacial score (nSPS) is 13.0. The van der Waals surface area contributed by atoms with E-state index in [1.807, 2.05) is 0 Å². The molecule has 0 aromatic heterocycles. The van der Waals surface area contributed by atoms with Gasteiger partial charge in [-0.1, -0.05) is 135 Å². The summed E-state index contributed by atoms with van der Waals surface area (Å²) in [4.78, 5) is 2.38. The maximum absolute atomic E-state index is 2.40. The molecule has 0 heterocycles. The monoisotopic (exact) mass is 563 g/mol. The van der Waals surface area contributed by atoms with E-state index >= 15 is 0 Å². The smallest absolute Gasteiger partial charge is 0.0468 e. The van der Waals surface area contributed by atoms with Crippen LogP contribution < -0.4 is 4.90 Å². The molecule has 1 heteroatoms. The fourth-order valence-corrected chi connectivity index (χ4v) is 6.99. The van der Waals surface area contributed by atoms with Gasteiger partial charge in [-0.05, 0) is 97.7 Å². The molecule has 0 atom stereocenters. The lowest BCUT2D eigenvalue weighted by atomic mass is 9.82. The van der Waals surface area contributed by atoms with Crippen LogP contribution in [-0.2, 0) is 5.41 Å². The Balaban J connectivity index is 1.26. The topological polar surface area (TPSA) is 3.24 Å². The van der Waals surface area contributed by atoms with Crippen LogP contribution in [0.15, 0.2) is 164 Å². The molecule has 1 nitrogen and oxygen atoms in total. The van der Waals surface area contributed by atoms with Crippen LogP contribution in [-0.4, -0.2) is 0 Å². The summed E-state index contributed by atoms with van der Waals surface area (Å²) in [6, 6.07) is 59.6. The zero-order chi connectivity index (χ0) is 29.7. The van der Waals surface area contributed by atoms with Crippen LogP contribution >= 0.6 is 0 Å². The average Bonchev–Trinajstić information content (AvgIpc) is 3.31. The summed E-state index contributed by atoms with van der Waals surface area (Å²) in [6.07, 6.45) is 0. The molecule has 7 aromatic rings. The fraction of sp³-hybridized carbons (Fsp3) is 0.0698. The molecule has 0 spiro atoms. The second-order valence-corrected chi connectivity index (χ2v) is 12.2. The van der Waals surface area contributed by atoms with E-state index < -0.39 is 0 Å². The summed E-state index contributed by atoms with van der Waals surface area (Å²) in [7, 11) is 0. The molecular weight excluding hydrogens is 530 g/mol. The minimum Gasteiger partial charge on any atom is -0.310 e. The van der Waals surface area contributed by atoms with Crippen molar-refractivity contribution in [3.05, 3.63) is 175 Å². The highest BCUT2D eigenvalue weighted by atomic mass is 15.1. The third-order valence-electron chi connectivity index (χ3n) is 9.25. The summed E-state index contributed by atoms with van der Waals surface area (Å²) in [6.45, 7) is 4.71. The van der Waals surface area contributed by atoms with E-state index in [0.29, 0.717) is 0 Å². The van der Waals surface area contributed by atoms with Gasteiger partial charge in [-0.3, -0.25) is 0 Å². The molecule has 44 heavy (non-hydrogen) atoms. The van der Waals surface area contributed by atoms with Gasteiger partial charge in [0.1, 0.15) is 0 Å². The Hall–Kier alpha value is -5.40. The predicted octanol–water partition coefficient (Wildman–Crippen LogP) is 11.9. The van der Waals surface area contributed by atoms with Gasteiger partial charge in [-0.25, -0.2) is 0 Å². The fourth-order valence-electron chi connectivity index (χ4n) is 6.99. The van der Waals surface area contributed by atoms with Crippen molar-refractivity contribution in [2.45, 2.75) is 19.3 Å². The molecule has 210 valence electrons. The van der Waals surface area contributed by atoms with E-state index in [4.69, 9.17) is 0 Å². The number of anilines is 3. The Morgan fingerprint density at radius 3 is 1.80 bits per heavy atom. The average molecular weight is 564 g/mol. The van der Waals surface area contributed by atoms with Crippen LogP contribution in [0.25, 0.3) is 44.2 Å². The Morgan fingerprint density at radius 1 is 0.386 bits per heavy atom. The Morgan fingerprint density at radius 2 is 1.02 bits per heavy atom. The van der Waals surface area contributed by atoms with Gasteiger partial charge >= 0.3 is 0 Å². The van der Waals surface area contributed by atoms with Gasteiger partial charge in [-0.2, -0.15) is 0 Å². The maximum Gasteiger partial charge on any atom is 0.0468 e. The molecule has 0 saturated heterocycles. The molecule has 0 N–H and O–H groups in total. The largest absolute Gasteiger partial charge is 0.310 e. The van der Waals surface area contributed by atoms with E-state index in [1.54, 1.807) is 0 Å². The second kappa shape index (κ2) is 10.4.